The molecule has 0 radical (unpaired) electrons. The van der Waals surface area contributed by atoms with Crippen LogP contribution in [-0.2, 0) is 9.53 Å². The lowest BCUT2D eigenvalue weighted by Crippen LogP contribution is -2.21. The summed E-state index contributed by atoms with van der Waals surface area (Å²) in [7, 11) is 1.35. The Hall–Kier alpha value is -3.35. The Labute approximate surface area is 144 Å². The molecule has 0 saturated heterocycles. The topological polar surface area (TPSA) is 102 Å². The maximum absolute atomic E-state index is 12.0. The number of para-hydroxylation sites is 1. The van der Waals surface area contributed by atoms with Crippen molar-refractivity contribution in [2.24, 2.45) is 0 Å². The molecule has 0 aromatic heterocycles. The summed E-state index contributed by atoms with van der Waals surface area (Å²) in [4.78, 5) is 35.2. The molecule has 0 saturated carbocycles. The molecule has 0 aliphatic rings. The molecule has 130 valence electrons. The molecule has 0 aliphatic heterocycles. The van der Waals surface area contributed by atoms with Crippen molar-refractivity contribution in [3.63, 3.8) is 0 Å². The molecule has 7 heteroatoms. The van der Waals surface area contributed by atoms with Crippen LogP contribution in [0.1, 0.15) is 27.6 Å². The molecule has 0 atom stereocenters. The van der Waals surface area contributed by atoms with Gasteiger partial charge in [0.05, 0.1) is 7.11 Å². The zero-order chi connectivity index (χ0) is 18.4. The van der Waals surface area contributed by atoms with Gasteiger partial charge >= 0.3 is 5.97 Å². The highest BCUT2D eigenvalue weighted by Gasteiger charge is 2.17. The van der Waals surface area contributed by atoms with Crippen molar-refractivity contribution in [1.29, 1.82) is 0 Å². The highest BCUT2D eigenvalue weighted by Crippen LogP contribution is 2.29. The summed E-state index contributed by atoms with van der Waals surface area (Å²) in [6.45, 7) is 0.878. The lowest BCUT2D eigenvalue weighted by atomic mass is 10.1. The van der Waals surface area contributed by atoms with E-state index in [2.05, 4.69) is 5.32 Å². The second-order valence-electron chi connectivity index (χ2n) is 5.12. The van der Waals surface area contributed by atoms with Crippen molar-refractivity contribution in [2.45, 2.75) is 6.92 Å². The molecule has 0 spiro atoms. The predicted octanol–water partition coefficient (Wildman–Crippen LogP) is 2.40. The van der Waals surface area contributed by atoms with Gasteiger partial charge in [-0.05, 0) is 31.2 Å². The monoisotopic (exact) mass is 343 g/mol. The molecule has 2 aromatic carbocycles. The molecular formula is C18H17NO6. The fourth-order valence-corrected chi connectivity index (χ4v) is 2.07. The molecule has 0 fully saturated rings. The highest BCUT2D eigenvalue weighted by molar-refractivity contribution is 5.99. The van der Waals surface area contributed by atoms with E-state index < -0.39 is 18.5 Å². The number of esters is 1. The Morgan fingerprint density at radius 1 is 1.12 bits per heavy atom. The van der Waals surface area contributed by atoms with Gasteiger partial charge in [-0.2, -0.15) is 0 Å². The minimum Gasteiger partial charge on any atom is -0.504 e. The quantitative estimate of drug-likeness (QED) is 0.617. The number of rotatable bonds is 6. The van der Waals surface area contributed by atoms with Crippen LogP contribution in [0.25, 0.3) is 0 Å². The Bertz CT molecular complexity index is 815. The number of hydrogen-bond donors (Lipinski definition) is 2. The number of amides is 1. The smallest absolute Gasteiger partial charge is 0.342 e. The lowest BCUT2D eigenvalue weighted by Gasteiger charge is -2.09. The molecule has 0 unspecified atom stereocenters. The van der Waals surface area contributed by atoms with Crippen molar-refractivity contribution >= 4 is 23.3 Å². The van der Waals surface area contributed by atoms with Crippen molar-refractivity contribution in [3.8, 4) is 11.5 Å². The molecule has 0 heterocycles. The second-order valence-corrected chi connectivity index (χ2v) is 5.12. The van der Waals surface area contributed by atoms with Crippen molar-refractivity contribution in [2.75, 3.05) is 19.0 Å². The zero-order valence-corrected chi connectivity index (χ0v) is 13.7. The van der Waals surface area contributed by atoms with E-state index in [1.54, 1.807) is 18.2 Å². The lowest BCUT2D eigenvalue weighted by molar-refractivity contribution is -0.119. The summed E-state index contributed by atoms with van der Waals surface area (Å²) in [5, 5.41) is 12.4. The summed E-state index contributed by atoms with van der Waals surface area (Å²) in [6, 6.07) is 10.8. The Morgan fingerprint density at radius 2 is 1.84 bits per heavy atom. The number of nitrogens with one attached hydrogen (secondary N) is 1. The maximum atomic E-state index is 12.0. The molecule has 0 aliphatic carbocycles. The Balaban J connectivity index is 1.97. The SMILES string of the molecule is COc1cccc(C(=O)OCC(=O)Nc2cccc(C(C)=O)c2)c1O. The average Bonchev–Trinajstić information content (AvgIpc) is 2.60. The van der Waals surface area contributed by atoms with Crippen LogP contribution < -0.4 is 10.1 Å². The molecule has 25 heavy (non-hydrogen) atoms. The van der Waals surface area contributed by atoms with Crippen LogP contribution in [-0.4, -0.2) is 36.5 Å². The fourth-order valence-electron chi connectivity index (χ4n) is 2.07. The first-order valence-electron chi connectivity index (χ1n) is 7.36. The van der Waals surface area contributed by atoms with Crippen LogP contribution in [0, 0.1) is 0 Å². The Morgan fingerprint density at radius 3 is 2.52 bits per heavy atom. The normalized spacial score (nSPS) is 10.0. The van der Waals surface area contributed by atoms with E-state index in [0.717, 1.165) is 0 Å². The number of carbonyl (C=O) groups is 3. The molecule has 2 N–H and O–H groups in total. The van der Waals surface area contributed by atoms with E-state index in [1.165, 1.54) is 38.3 Å². The van der Waals surface area contributed by atoms with Gasteiger partial charge in [-0.15, -0.1) is 0 Å². The molecule has 2 aromatic rings. The molecule has 7 nitrogen and oxygen atoms in total. The van der Waals surface area contributed by atoms with Crippen molar-refractivity contribution in [3.05, 3.63) is 53.6 Å². The van der Waals surface area contributed by atoms with E-state index >= 15 is 0 Å². The third kappa shape index (κ3) is 4.57. The predicted molar refractivity (Wildman–Crippen MR) is 90.0 cm³/mol. The van der Waals surface area contributed by atoms with Gasteiger partial charge in [0.15, 0.2) is 23.9 Å². The minimum atomic E-state index is -0.857. The van der Waals surface area contributed by atoms with Crippen LogP contribution >= 0.6 is 0 Å². The maximum Gasteiger partial charge on any atom is 0.342 e. The number of Topliss-reactive ketones (excluding diaryl/α,β-unsaturated/α-hetero) is 1. The molecule has 1 amide bonds. The number of aromatic hydroxyl groups is 1. The first-order valence-corrected chi connectivity index (χ1v) is 7.36. The number of methoxy groups -OCH3 is 1. The fraction of sp³-hybridized carbons (Fsp3) is 0.167. The van der Waals surface area contributed by atoms with Gasteiger partial charge in [0, 0.05) is 11.3 Å². The van der Waals surface area contributed by atoms with Crippen LogP contribution in [0.2, 0.25) is 0 Å². The van der Waals surface area contributed by atoms with Gasteiger partial charge in [0.25, 0.3) is 5.91 Å². The van der Waals surface area contributed by atoms with Crippen molar-refractivity contribution < 1.29 is 29.0 Å². The van der Waals surface area contributed by atoms with Gasteiger partial charge in [0.1, 0.15) is 5.56 Å². The van der Waals surface area contributed by atoms with Gasteiger partial charge in [-0.25, -0.2) is 4.79 Å². The number of carbonyl (C=O) groups excluding carboxylic acids is 3. The minimum absolute atomic E-state index is 0.106. The number of ketones is 1. The summed E-state index contributed by atoms with van der Waals surface area (Å²) in [6.07, 6.45) is 0. The number of anilines is 1. The standard InChI is InChI=1S/C18H17NO6/c1-11(20)12-5-3-6-13(9-12)19-16(21)10-25-18(23)14-7-4-8-15(24-2)17(14)22/h3-9,22H,10H2,1-2H3,(H,19,21). The number of phenolic OH excluding ortho intramolecular Hbond substituents is 1. The third-order valence-electron chi connectivity index (χ3n) is 3.33. The first-order chi connectivity index (χ1) is 11.9. The van der Waals surface area contributed by atoms with E-state index in [9.17, 15) is 19.5 Å². The summed E-state index contributed by atoms with van der Waals surface area (Å²) < 4.78 is 9.79. The third-order valence-corrected chi connectivity index (χ3v) is 3.33. The van der Waals surface area contributed by atoms with E-state index in [1.807, 2.05) is 0 Å². The van der Waals surface area contributed by atoms with E-state index in [-0.39, 0.29) is 22.8 Å². The van der Waals surface area contributed by atoms with Crippen LogP contribution in [0.15, 0.2) is 42.5 Å². The largest absolute Gasteiger partial charge is 0.504 e. The molecular weight excluding hydrogens is 326 g/mol. The van der Waals surface area contributed by atoms with Gasteiger partial charge in [-0.3, -0.25) is 9.59 Å². The van der Waals surface area contributed by atoms with Crippen LogP contribution in [0.4, 0.5) is 5.69 Å². The Kier molecular flexibility index (Phi) is 5.73. The van der Waals surface area contributed by atoms with Crippen molar-refractivity contribution in [1.82, 2.24) is 0 Å². The number of phenols is 1. The zero-order valence-electron chi connectivity index (χ0n) is 13.7. The van der Waals surface area contributed by atoms with Gasteiger partial charge in [0.2, 0.25) is 0 Å². The summed E-state index contributed by atoms with van der Waals surface area (Å²) >= 11 is 0. The van der Waals surface area contributed by atoms with Gasteiger partial charge < -0.3 is 19.9 Å². The average molecular weight is 343 g/mol. The molecule has 0 bridgehead atoms. The summed E-state index contributed by atoms with van der Waals surface area (Å²) in [5.74, 6) is -1.79. The second kappa shape index (κ2) is 7.96. The van der Waals surface area contributed by atoms with E-state index in [4.69, 9.17) is 9.47 Å². The van der Waals surface area contributed by atoms with Crippen LogP contribution in [0.3, 0.4) is 0 Å². The first kappa shape index (κ1) is 18.0. The highest BCUT2D eigenvalue weighted by atomic mass is 16.5. The summed E-state index contributed by atoms with van der Waals surface area (Å²) in [5.41, 5.74) is 0.764. The van der Waals surface area contributed by atoms with Gasteiger partial charge in [-0.1, -0.05) is 18.2 Å². The number of ether oxygens (including phenoxy) is 2. The number of benzene rings is 2. The van der Waals surface area contributed by atoms with Crippen LogP contribution in [0.5, 0.6) is 11.5 Å². The molecule has 2 rings (SSSR count). The number of hydrogen-bond acceptors (Lipinski definition) is 6. The van der Waals surface area contributed by atoms with E-state index in [0.29, 0.717) is 11.3 Å².